The van der Waals surface area contributed by atoms with E-state index in [-0.39, 0.29) is 0 Å². The van der Waals surface area contributed by atoms with Crippen molar-refractivity contribution < 1.29 is 4.74 Å². The van der Waals surface area contributed by atoms with Crippen LogP contribution < -0.4 is 5.32 Å². The zero-order valence-corrected chi connectivity index (χ0v) is 12.2. The summed E-state index contributed by atoms with van der Waals surface area (Å²) in [5.41, 5.74) is 0. The molecule has 0 spiro atoms. The molecular formula is C15H30N2O. The summed E-state index contributed by atoms with van der Waals surface area (Å²) in [6.45, 7) is 11.3. The van der Waals surface area contributed by atoms with Crippen LogP contribution in [0.25, 0.3) is 0 Å². The number of rotatable bonds is 9. The first-order valence-corrected chi connectivity index (χ1v) is 7.87. The summed E-state index contributed by atoms with van der Waals surface area (Å²) in [6, 6.07) is 0.628. The lowest BCUT2D eigenvalue weighted by molar-refractivity contribution is 0.159. The fourth-order valence-corrected chi connectivity index (χ4v) is 3.03. The van der Waals surface area contributed by atoms with E-state index in [9.17, 15) is 0 Å². The van der Waals surface area contributed by atoms with Gasteiger partial charge < -0.3 is 15.0 Å². The van der Waals surface area contributed by atoms with Gasteiger partial charge in [-0.3, -0.25) is 0 Å². The molecule has 1 N–H and O–H groups in total. The summed E-state index contributed by atoms with van der Waals surface area (Å²) in [6.07, 6.45) is 5.42. The summed E-state index contributed by atoms with van der Waals surface area (Å²) < 4.78 is 5.56. The molecule has 0 aromatic rings. The van der Waals surface area contributed by atoms with E-state index >= 15 is 0 Å². The zero-order chi connectivity index (χ0) is 12.8. The van der Waals surface area contributed by atoms with Crippen LogP contribution in [0.15, 0.2) is 0 Å². The maximum absolute atomic E-state index is 5.56. The predicted molar refractivity (Wildman–Crippen MR) is 75.8 cm³/mol. The fourth-order valence-electron chi connectivity index (χ4n) is 3.03. The molecule has 2 rings (SSSR count). The molecule has 1 aliphatic heterocycles. The first kappa shape index (κ1) is 14.3. The molecule has 2 atom stereocenters. The summed E-state index contributed by atoms with van der Waals surface area (Å²) in [4.78, 5) is 2.68. The topological polar surface area (TPSA) is 24.5 Å². The molecule has 1 saturated carbocycles. The lowest BCUT2D eigenvalue weighted by Crippen LogP contribution is -2.46. The fraction of sp³-hybridized carbons (Fsp3) is 1.00. The molecule has 2 fully saturated rings. The van der Waals surface area contributed by atoms with Crippen LogP contribution in [0.1, 0.15) is 39.5 Å². The Kier molecular flexibility index (Phi) is 5.93. The van der Waals surface area contributed by atoms with Gasteiger partial charge in [0, 0.05) is 31.7 Å². The van der Waals surface area contributed by atoms with E-state index in [1.54, 1.807) is 0 Å². The van der Waals surface area contributed by atoms with E-state index in [0.29, 0.717) is 6.04 Å². The Morgan fingerprint density at radius 1 is 1.28 bits per heavy atom. The van der Waals surface area contributed by atoms with Gasteiger partial charge in [0.15, 0.2) is 0 Å². The third kappa shape index (κ3) is 4.52. The second kappa shape index (κ2) is 7.46. The van der Waals surface area contributed by atoms with Gasteiger partial charge in [-0.2, -0.15) is 0 Å². The third-order valence-corrected chi connectivity index (χ3v) is 4.21. The average Bonchev–Trinajstić information content (AvgIpc) is 3.00. The Balaban J connectivity index is 1.82. The van der Waals surface area contributed by atoms with Gasteiger partial charge >= 0.3 is 0 Å². The highest BCUT2D eigenvalue weighted by molar-refractivity contribution is 4.84. The highest BCUT2D eigenvalue weighted by Crippen LogP contribution is 2.30. The van der Waals surface area contributed by atoms with E-state index in [2.05, 4.69) is 24.1 Å². The molecule has 3 heteroatoms. The Hall–Kier alpha value is -0.120. The number of nitrogens with zero attached hydrogens (tertiary/aromatic N) is 1. The van der Waals surface area contributed by atoms with E-state index < -0.39 is 0 Å². The molecule has 1 saturated heterocycles. The highest BCUT2D eigenvalue weighted by Gasteiger charge is 2.29. The maximum atomic E-state index is 5.56. The summed E-state index contributed by atoms with van der Waals surface area (Å²) in [5, 5.41) is 3.69. The largest absolute Gasteiger partial charge is 0.381 e. The monoisotopic (exact) mass is 254 g/mol. The molecule has 18 heavy (non-hydrogen) atoms. The molecule has 0 radical (unpaired) electrons. The third-order valence-electron chi connectivity index (χ3n) is 4.21. The van der Waals surface area contributed by atoms with Crippen LogP contribution in [0.2, 0.25) is 0 Å². The van der Waals surface area contributed by atoms with E-state index in [1.165, 1.54) is 45.3 Å². The predicted octanol–water partition coefficient (Wildman–Crippen LogP) is 2.12. The van der Waals surface area contributed by atoms with Crippen molar-refractivity contribution in [2.45, 2.75) is 45.6 Å². The van der Waals surface area contributed by atoms with Gasteiger partial charge in [-0.25, -0.2) is 0 Å². The van der Waals surface area contributed by atoms with Gasteiger partial charge in [0.1, 0.15) is 0 Å². The number of hydrogen-bond donors (Lipinski definition) is 1. The number of ether oxygens (including phenoxy) is 1. The van der Waals surface area contributed by atoms with Crippen molar-refractivity contribution in [2.24, 2.45) is 11.8 Å². The summed E-state index contributed by atoms with van der Waals surface area (Å²) in [7, 11) is 0. The first-order valence-electron chi connectivity index (χ1n) is 7.87. The molecule has 0 bridgehead atoms. The molecule has 0 amide bonds. The van der Waals surface area contributed by atoms with Crippen LogP contribution in [0.3, 0.4) is 0 Å². The number of likely N-dealkylation sites (N-methyl/N-ethyl adjacent to an activating group) is 1. The Morgan fingerprint density at radius 2 is 2.11 bits per heavy atom. The van der Waals surface area contributed by atoms with Crippen LogP contribution in [0.4, 0.5) is 0 Å². The lowest BCUT2D eigenvalue weighted by Gasteiger charge is -2.30. The molecule has 0 aromatic carbocycles. The van der Waals surface area contributed by atoms with Crippen LogP contribution in [-0.4, -0.2) is 50.3 Å². The standard InChI is InChI=1S/C15H30N2O/c1-3-8-17(10-13-5-6-13)11-15(16-4-2)14-7-9-18-12-14/h13-16H,3-12H2,1-2H3. The van der Waals surface area contributed by atoms with E-state index in [0.717, 1.165) is 31.6 Å². The Morgan fingerprint density at radius 3 is 2.67 bits per heavy atom. The zero-order valence-electron chi connectivity index (χ0n) is 12.2. The van der Waals surface area contributed by atoms with Gasteiger partial charge in [-0.05, 0) is 44.7 Å². The minimum Gasteiger partial charge on any atom is -0.381 e. The minimum absolute atomic E-state index is 0.628. The van der Waals surface area contributed by atoms with Crippen LogP contribution in [0, 0.1) is 11.8 Å². The highest BCUT2D eigenvalue weighted by atomic mass is 16.5. The van der Waals surface area contributed by atoms with Crippen molar-refractivity contribution >= 4 is 0 Å². The molecule has 106 valence electrons. The quantitative estimate of drug-likeness (QED) is 0.682. The van der Waals surface area contributed by atoms with Gasteiger partial charge in [-0.15, -0.1) is 0 Å². The smallest absolute Gasteiger partial charge is 0.0510 e. The van der Waals surface area contributed by atoms with E-state index in [1.807, 2.05) is 0 Å². The molecule has 1 heterocycles. The van der Waals surface area contributed by atoms with Crippen molar-refractivity contribution in [1.29, 1.82) is 0 Å². The van der Waals surface area contributed by atoms with Crippen molar-refractivity contribution in [3.8, 4) is 0 Å². The maximum Gasteiger partial charge on any atom is 0.0510 e. The Bertz CT molecular complexity index is 225. The molecule has 3 nitrogen and oxygen atoms in total. The van der Waals surface area contributed by atoms with Crippen LogP contribution in [0.5, 0.6) is 0 Å². The van der Waals surface area contributed by atoms with Gasteiger partial charge in [0.05, 0.1) is 6.61 Å². The van der Waals surface area contributed by atoms with E-state index in [4.69, 9.17) is 4.74 Å². The van der Waals surface area contributed by atoms with Crippen LogP contribution >= 0.6 is 0 Å². The molecule has 0 aromatic heterocycles. The SMILES string of the molecule is CCCN(CC1CC1)CC(NCC)C1CCOC1. The van der Waals surface area contributed by atoms with Crippen molar-refractivity contribution in [3.63, 3.8) is 0 Å². The van der Waals surface area contributed by atoms with Crippen molar-refractivity contribution in [1.82, 2.24) is 10.2 Å². The summed E-state index contributed by atoms with van der Waals surface area (Å²) >= 11 is 0. The first-order chi connectivity index (χ1) is 8.83. The second-order valence-corrected chi connectivity index (χ2v) is 5.99. The molecule has 1 aliphatic carbocycles. The average molecular weight is 254 g/mol. The number of nitrogens with one attached hydrogen (secondary N) is 1. The minimum atomic E-state index is 0.628. The van der Waals surface area contributed by atoms with Crippen molar-refractivity contribution in [2.75, 3.05) is 39.4 Å². The number of hydrogen-bond acceptors (Lipinski definition) is 3. The van der Waals surface area contributed by atoms with Gasteiger partial charge in [-0.1, -0.05) is 13.8 Å². The molecular weight excluding hydrogens is 224 g/mol. The van der Waals surface area contributed by atoms with Crippen LogP contribution in [-0.2, 0) is 4.74 Å². The van der Waals surface area contributed by atoms with Gasteiger partial charge in [0.2, 0.25) is 0 Å². The summed E-state index contributed by atoms with van der Waals surface area (Å²) in [5.74, 6) is 1.72. The normalized spacial score (nSPS) is 25.8. The van der Waals surface area contributed by atoms with Crippen molar-refractivity contribution in [3.05, 3.63) is 0 Å². The second-order valence-electron chi connectivity index (χ2n) is 5.99. The molecule has 2 aliphatic rings. The Labute approximate surface area is 112 Å². The van der Waals surface area contributed by atoms with Gasteiger partial charge in [0.25, 0.3) is 0 Å². The molecule has 2 unspecified atom stereocenters. The lowest BCUT2D eigenvalue weighted by atomic mass is 9.98.